The highest BCUT2D eigenvalue weighted by molar-refractivity contribution is 7.13. The van der Waals surface area contributed by atoms with Crippen LogP contribution in [0.4, 0.5) is 10.1 Å². The van der Waals surface area contributed by atoms with E-state index in [0.717, 1.165) is 17.7 Å². The fourth-order valence-corrected chi connectivity index (χ4v) is 3.69. The number of anilines is 1. The molecule has 2 amide bonds. The predicted molar refractivity (Wildman–Crippen MR) is 113 cm³/mol. The Hall–Kier alpha value is -3.06. The number of carbonyl (C=O) groups is 2. The number of aromatic nitrogens is 1. The van der Waals surface area contributed by atoms with Gasteiger partial charge in [0.25, 0.3) is 0 Å². The Morgan fingerprint density at radius 2 is 1.97 bits per heavy atom. The van der Waals surface area contributed by atoms with Gasteiger partial charge in [0.1, 0.15) is 10.8 Å². The average molecular weight is 412 g/mol. The van der Waals surface area contributed by atoms with Crippen LogP contribution in [0.15, 0.2) is 53.9 Å². The molecule has 3 aromatic rings. The van der Waals surface area contributed by atoms with Gasteiger partial charge in [0.15, 0.2) is 0 Å². The number of amides is 2. The van der Waals surface area contributed by atoms with E-state index in [0.29, 0.717) is 16.3 Å². The number of para-hydroxylation sites is 1. The molecule has 0 saturated carbocycles. The van der Waals surface area contributed by atoms with Crippen LogP contribution >= 0.6 is 11.3 Å². The molecule has 1 N–H and O–H groups in total. The Bertz CT molecular complexity index is 1020. The van der Waals surface area contributed by atoms with Crippen molar-refractivity contribution in [2.24, 2.45) is 0 Å². The monoisotopic (exact) mass is 411 g/mol. The molecule has 7 heteroatoms. The van der Waals surface area contributed by atoms with Gasteiger partial charge < -0.3 is 10.2 Å². The molecule has 2 aromatic carbocycles. The van der Waals surface area contributed by atoms with Crippen molar-refractivity contribution in [1.29, 1.82) is 0 Å². The van der Waals surface area contributed by atoms with E-state index >= 15 is 0 Å². The van der Waals surface area contributed by atoms with Gasteiger partial charge in [-0.05, 0) is 30.2 Å². The van der Waals surface area contributed by atoms with Crippen LogP contribution in [0.3, 0.4) is 0 Å². The summed E-state index contributed by atoms with van der Waals surface area (Å²) in [5.41, 5.74) is 3.08. The van der Waals surface area contributed by atoms with Crippen molar-refractivity contribution in [3.8, 4) is 10.6 Å². The van der Waals surface area contributed by atoms with Crippen molar-refractivity contribution in [3.05, 3.63) is 71.0 Å². The lowest BCUT2D eigenvalue weighted by atomic mass is 10.1. The third kappa shape index (κ3) is 5.48. The Labute approximate surface area is 173 Å². The molecule has 0 unspecified atom stereocenters. The van der Waals surface area contributed by atoms with Crippen molar-refractivity contribution in [2.45, 2.75) is 19.8 Å². The number of hydrogen-bond donors (Lipinski definition) is 1. The second-order valence-electron chi connectivity index (χ2n) is 6.64. The molecule has 150 valence electrons. The number of aryl methyl sites for hydroxylation is 1. The summed E-state index contributed by atoms with van der Waals surface area (Å²) in [6.07, 6.45) is 0.893. The van der Waals surface area contributed by atoms with Gasteiger partial charge in [-0.25, -0.2) is 9.37 Å². The minimum Gasteiger partial charge on any atom is -0.336 e. The number of hydrogen-bond acceptors (Lipinski definition) is 4. The largest absolute Gasteiger partial charge is 0.336 e. The molecular weight excluding hydrogens is 389 g/mol. The summed E-state index contributed by atoms with van der Waals surface area (Å²) < 4.78 is 13.4. The summed E-state index contributed by atoms with van der Waals surface area (Å²) in [5.74, 6) is -0.786. The van der Waals surface area contributed by atoms with E-state index in [9.17, 15) is 14.0 Å². The molecule has 1 aromatic heterocycles. The van der Waals surface area contributed by atoms with E-state index in [4.69, 9.17) is 0 Å². The second kappa shape index (κ2) is 9.43. The van der Waals surface area contributed by atoms with E-state index in [-0.39, 0.29) is 30.6 Å². The number of benzene rings is 2. The van der Waals surface area contributed by atoms with E-state index in [1.807, 2.05) is 31.2 Å². The van der Waals surface area contributed by atoms with Crippen LogP contribution in [0.2, 0.25) is 0 Å². The van der Waals surface area contributed by atoms with Crippen LogP contribution in [0, 0.1) is 5.82 Å². The second-order valence-corrected chi connectivity index (χ2v) is 7.50. The van der Waals surface area contributed by atoms with Crippen molar-refractivity contribution >= 4 is 28.8 Å². The third-order valence-corrected chi connectivity index (χ3v) is 5.37. The number of likely N-dealkylation sites (N-methyl/N-ethyl adjacent to an activating group) is 1. The molecule has 0 bridgehead atoms. The normalized spacial score (nSPS) is 10.6. The lowest BCUT2D eigenvalue weighted by Crippen LogP contribution is -2.36. The first-order valence-electron chi connectivity index (χ1n) is 9.28. The Morgan fingerprint density at radius 3 is 2.72 bits per heavy atom. The van der Waals surface area contributed by atoms with Crippen molar-refractivity contribution in [2.75, 3.05) is 18.9 Å². The lowest BCUT2D eigenvalue weighted by molar-refractivity contribution is -0.132. The van der Waals surface area contributed by atoms with Gasteiger partial charge in [0, 0.05) is 23.7 Å². The first kappa shape index (κ1) is 20.7. The zero-order chi connectivity index (χ0) is 20.8. The molecular formula is C22H22FN3O2S. The third-order valence-electron chi connectivity index (χ3n) is 4.43. The standard InChI is InChI=1S/C22H22FN3O2S/c1-3-15-7-4-5-10-19(15)25-20(27)13-26(2)21(28)12-18-14-29-22(24-18)16-8-6-9-17(23)11-16/h4-11,14H,3,12-13H2,1-2H3,(H,25,27). The molecule has 5 nitrogen and oxygen atoms in total. The van der Waals surface area contributed by atoms with E-state index < -0.39 is 0 Å². The topological polar surface area (TPSA) is 62.3 Å². The van der Waals surface area contributed by atoms with Gasteiger partial charge in [0.2, 0.25) is 11.8 Å². The molecule has 0 fully saturated rings. The van der Waals surface area contributed by atoms with E-state index in [2.05, 4.69) is 10.3 Å². The van der Waals surface area contributed by atoms with Gasteiger partial charge in [-0.1, -0.05) is 37.3 Å². The van der Waals surface area contributed by atoms with Gasteiger partial charge in [0.05, 0.1) is 18.7 Å². The van der Waals surface area contributed by atoms with E-state index in [1.165, 1.54) is 28.4 Å². The highest BCUT2D eigenvalue weighted by Crippen LogP contribution is 2.24. The Balaban J connectivity index is 1.57. The lowest BCUT2D eigenvalue weighted by Gasteiger charge is -2.17. The highest BCUT2D eigenvalue weighted by atomic mass is 32.1. The molecule has 1 heterocycles. The fraction of sp³-hybridized carbons (Fsp3) is 0.227. The molecule has 0 radical (unpaired) electrons. The van der Waals surface area contributed by atoms with Gasteiger partial charge in [-0.15, -0.1) is 11.3 Å². The van der Waals surface area contributed by atoms with Crippen LogP contribution in [0.5, 0.6) is 0 Å². The van der Waals surface area contributed by atoms with Crippen molar-refractivity contribution < 1.29 is 14.0 Å². The number of thiazole rings is 1. The maximum Gasteiger partial charge on any atom is 0.243 e. The zero-order valence-electron chi connectivity index (χ0n) is 16.3. The smallest absolute Gasteiger partial charge is 0.243 e. The number of nitrogens with zero attached hydrogens (tertiary/aromatic N) is 2. The molecule has 3 rings (SSSR count). The van der Waals surface area contributed by atoms with Gasteiger partial charge >= 0.3 is 0 Å². The first-order valence-corrected chi connectivity index (χ1v) is 10.2. The molecule has 0 saturated heterocycles. The van der Waals surface area contributed by atoms with Crippen LogP contribution < -0.4 is 5.32 Å². The maximum absolute atomic E-state index is 13.4. The predicted octanol–water partition coefficient (Wildman–Crippen LogP) is 4.15. The summed E-state index contributed by atoms with van der Waals surface area (Å²) in [6.45, 7) is 1.98. The minimum atomic E-state index is -0.328. The SMILES string of the molecule is CCc1ccccc1NC(=O)CN(C)C(=O)Cc1csc(-c2cccc(F)c2)n1. The first-order chi connectivity index (χ1) is 14.0. The number of nitrogens with one attached hydrogen (secondary N) is 1. The summed E-state index contributed by atoms with van der Waals surface area (Å²) >= 11 is 1.36. The Kier molecular flexibility index (Phi) is 6.72. The number of halogens is 1. The quantitative estimate of drug-likeness (QED) is 0.635. The summed E-state index contributed by atoms with van der Waals surface area (Å²) in [6, 6.07) is 13.8. The molecule has 0 aliphatic heterocycles. The van der Waals surface area contributed by atoms with Crippen LogP contribution in [-0.4, -0.2) is 35.3 Å². The summed E-state index contributed by atoms with van der Waals surface area (Å²) in [7, 11) is 1.59. The molecule has 0 aliphatic rings. The summed E-state index contributed by atoms with van der Waals surface area (Å²) in [5, 5.41) is 5.30. The van der Waals surface area contributed by atoms with E-state index in [1.54, 1.807) is 24.6 Å². The highest BCUT2D eigenvalue weighted by Gasteiger charge is 2.16. The van der Waals surface area contributed by atoms with Crippen molar-refractivity contribution in [3.63, 3.8) is 0 Å². The average Bonchev–Trinajstić information content (AvgIpc) is 3.16. The fourth-order valence-electron chi connectivity index (χ4n) is 2.88. The molecule has 0 spiro atoms. The van der Waals surface area contributed by atoms with Crippen molar-refractivity contribution in [1.82, 2.24) is 9.88 Å². The number of rotatable bonds is 7. The molecule has 29 heavy (non-hydrogen) atoms. The van der Waals surface area contributed by atoms with Gasteiger partial charge in [-0.3, -0.25) is 9.59 Å². The maximum atomic E-state index is 13.4. The summed E-state index contributed by atoms with van der Waals surface area (Å²) in [4.78, 5) is 30.6. The zero-order valence-corrected chi connectivity index (χ0v) is 17.1. The minimum absolute atomic E-state index is 0.0439. The molecule has 0 aliphatic carbocycles. The Morgan fingerprint density at radius 1 is 1.17 bits per heavy atom. The number of carbonyl (C=O) groups excluding carboxylic acids is 2. The van der Waals surface area contributed by atoms with Crippen LogP contribution in [0.25, 0.3) is 10.6 Å². The van der Waals surface area contributed by atoms with Crippen LogP contribution in [0.1, 0.15) is 18.2 Å². The van der Waals surface area contributed by atoms with Gasteiger partial charge in [-0.2, -0.15) is 0 Å². The van der Waals surface area contributed by atoms with Crippen LogP contribution in [-0.2, 0) is 22.4 Å². The molecule has 0 atom stereocenters.